The van der Waals surface area contributed by atoms with Crippen LogP contribution in [0.2, 0.25) is 0 Å². The second-order valence-electron chi connectivity index (χ2n) is 7.75. The zero-order valence-electron chi connectivity index (χ0n) is 20.0. The Morgan fingerprint density at radius 2 is 1.70 bits per heavy atom. The number of ether oxygens (including phenoxy) is 2. The van der Waals surface area contributed by atoms with Gasteiger partial charge in [-0.05, 0) is 58.2 Å². The number of rotatable bonds is 12. The van der Waals surface area contributed by atoms with Gasteiger partial charge in [-0.25, -0.2) is 10.2 Å². The number of aliphatic carboxylic acids is 1. The van der Waals surface area contributed by atoms with Gasteiger partial charge in [-0.3, -0.25) is 9.59 Å². The molecule has 0 fully saturated rings. The summed E-state index contributed by atoms with van der Waals surface area (Å²) >= 11 is 3.35. The van der Waals surface area contributed by atoms with Gasteiger partial charge in [0.15, 0.2) is 18.1 Å². The summed E-state index contributed by atoms with van der Waals surface area (Å²) in [5, 5.41) is 15.8. The summed E-state index contributed by atoms with van der Waals surface area (Å²) in [6.45, 7) is 1.60. The number of hydrogen-bond donors (Lipinski definition) is 3. The minimum Gasteiger partial charge on any atom is -0.490 e. The number of benzene rings is 3. The molecule has 3 aromatic carbocycles. The highest BCUT2D eigenvalue weighted by Gasteiger charge is 2.19. The van der Waals surface area contributed by atoms with Crippen molar-refractivity contribution in [3.63, 3.8) is 0 Å². The van der Waals surface area contributed by atoms with Crippen LogP contribution in [0.5, 0.6) is 11.5 Å². The van der Waals surface area contributed by atoms with Crippen LogP contribution in [0.3, 0.4) is 0 Å². The maximum absolute atomic E-state index is 12.7. The predicted octanol–water partition coefficient (Wildman–Crippen LogP) is 4.32. The molecule has 0 spiro atoms. The molecule has 0 unspecified atom stereocenters. The Bertz CT molecular complexity index is 1250. The molecule has 10 heteroatoms. The fourth-order valence-electron chi connectivity index (χ4n) is 3.38. The van der Waals surface area contributed by atoms with Crippen LogP contribution in [0.25, 0.3) is 0 Å². The van der Waals surface area contributed by atoms with E-state index < -0.39 is 24.5 Å². The van der Waals surface area contributed by atoms with Crippen molar-refractivity contribution in [1.82, 2.24) is 10.7 Å². The zero-order valence-corrected chi connectivity index (χ0v) is 21.6. The van der Waals surface area contributed by atoms with E-state index in [9.17, 15) is 14.4 Å². The first-order valence-corrected chi connectivity index (χ1v) is 12.2. The third kappa shape index (κ3) is 8.46. The molecule has 9 nitrogen and oxygen atoms in total. The first-order chi connectivity index (χ1) is 17.9. The van der Waals surface area contributed by atoms with E-state index in [1.165, 1.54) is 6.21 Å². The maximum Gasteiger partial charge on any atom is 0.341 e. The monoisotopic (exact) mass is 567 g/mol. The molecule has 0 bridgehead atoms. The number of amides is 2. The minimum atomic E-state index is -1.11. The van der Waals surface area contributed by atoms with Crippen LogP contribution >= 0.6 is 15.9 Å². The van der Waals surface area contributed by atoms with Gasteiger partial charge in [-0.2, -0.15) is 5.10 Å². The second-order valence-corrected chi connectivity index (χ2v) is 8.60. The first-order valence-electron chi connectivity index (χ1n) is 11.4. The molecule has 37 heavy (non-hydrogen) atoms. The smallest absolute Gasteiger partial charge is 0.341 e. The SMILES string of the molecule is CCOc1cc(/C=N\NC(=O)C[C@@H](NC(=O)c2ccccc2)c2ccccc2)cc(Br)c1OCC(=O)O. The van der Waals surface area contributed by atoms with Crippen molar-refractivity contribution in [2.75, 3.05) is 13.2 Å². The summed E-state index contributed by atoms with van der Waals surface area (Å²) in [5.74, 6) is -1.21. The Kier molecular flexibility index (Phi) is 10.2. The average molecular weight is 568 g/mol. The molecule has 3 aromatic rings. The molecule has 3 N–H and O–H groups in total. The number of hydrazone groups is 1. The predicted molar refractivity (Wildman–Crippen MR) is 142 cm³/mol. The highest BCUT2D eigenvalue weighted by molar-refractivity contribution is 9.10. The fraction of sp³-hybridized carbons (Fsp3) is 0.185. The molecule has 0 saturated heterocycles. The van der Waals surface area contributed by atoms with E-state index in [4.69, 9.17) is 14.6 Å². The maximum atomic E-state index is 12.7. The van der Waals surface area contributed by atoms with Gasteiger partial charge < -0.3 is 19.9 Å². The van der Waals surface area contributed by atoms with Crippen molar-refractivity contribution >= 4 is 39.9 Å². The number of hydrogen-bond acceptors (Lipinski definition) is 6. The zero-order chi connectivity index (χ0) is 26.6. The lowest BCUT2D eigenvalue weighted by atomic mass is 10.0. The van der Waals surface area contributed by atoms with Gasteiger partial charge in [-0.1, -0.05) is 48.5 Å². The van der Waals surface area contributed by atoms with Crippen LogP contribution in [0.1, 0.15) is 40.9 Å². The van der Waals surface area contributed by atoms with Gasteiger partial charge in [-0.15, -0.1) is 0 Å². The molecular weight excluding hydrogens is 542 g/mol. The Balaban J connectivity index is 1.69. The van der Waals surface area contributed by atoms with E-state index in [0.717, 1.165) is 5.56 Å². The molecule has 0 aromatic heterocycles. The second kappa shape index (κ2) is 13.8. The number of nitrogens with zero attached hydrogens (tertiary/aromatic N) is 1. The normalized spacial score (nSPS) is 11.5. The molecule has 2 amide bonds. The minimum absolute atomic E-state index is 0.0320. The highest BCUT2D eigenvalue weighted by Crippen LogP contribution is 2.36. The Morgan fingerprint density at radius 3 is 2.35 bits per heavy atom. The Labute approximate surface area is 222 Å². The molecule has 3 rings (SSSR count). The number of carboxylic acids is 1. The summed E-state index contributed by atoms with van der Waals surface area (Å²) in [6.07, 6.45) is 1.39. The largest absolute Gasteiger partial charge is 0.490 e. The van der Waals surface area contributed by atoms with Gasteiger partial charge in [0, 0.05) is 5.56 Å². The quantitative estimate of drug-likeness (QED) is 0.221. The number of carbonyl (C=O) groups excluding carboxylic acids is 2. The van der Waals surface area contributed by atoms with Gasteiger partial charge in [0.25, 0.3) is 5.91 Å². The standard InChI is InChI=1S/C27H26BrN3O6/c1-2-36-23-14-18(13-21(28)26(23)37-17-25(33)34)16-29-31-24(32)15-22(19-9-5-3-6-10-19)30-27(35)20-11-7-4-8-12-20/h3-14,16,22H,2,15,17H2,1H3,(H,30,35)(H,31,32)(H,33,34)/b29-16-/t22-/m1/s1. The van der Waals surface area contributed by atoms with E-state index in [-0.39, 0.29) is 18.1 Å². The summed E-state index contributed by atoms with van der Waals surface area (Å²) in [6, 6.07) is 20.7. The number of carbonyl (C=O) groups is 3. The van der Waals surface area contributed by atoms with Crippen LogP contribution in [0.4, 0.5) is 0 Å². The van der Waals surface area contributed by atoms with E-state index in [1.807, 2.05) is 36.4 Å². The molecule has 0 radical (unpaired) electrons. The van der Waals surface area contributed by atoms with Crippen LogP contribution in [0.15, 0.2) is 82.4 Å². The molecule has 1 atom stereocenters. The third-order valence-electron chi connectivity index (χ3n) is 5.01. The van der Waals surface area contributed by atoms with Gasteiger partial charge >= 0.3 is 5.97 Å². The molecule has 0 aliphatic carbocycles. The van der Waals surface area contributed by atoms with Gasteiger partial charge in [0.05, 0.1) is 29.8 Å². The lowest BCUT2D eigenvalue weighted by molar-refractivity contribution is -0.139. The van der Waals surface area contributed by atoms with Crippen LogP contribution < -0.4 is 20.2 Å². The van der Waals surface area contributed by atoms with Crippen molar-refractivity contribution in [3.8, 4) is 11.5 Å². The lowest BCUT2D eigenvalue weighted by Gasteiger charge is -2.18. The van der Waals surface area contributed by atoms with E-state index >= 15 is 0 Å². The first kappa shape index (κ1) is 27.4. The van der Waals surface area contributed by atoms with Crippen molar-refractivity contribution < 1.29 is 29.0 Å². The summed E-state index contributed by atoms with van der Waals surface area (Å²) in [7, 11) is 0. The Hall–Kier alpha value is -4.18. The van der Waals surface area contributed by atoms with Crippen molar-refractivity contribution in [2.45, 2.75) is 19.4 Å². The lowest BCUT2D eigenvalue weighted by Crippen LogP contribution is -2.32. The summed E-state index contributed by atoms with van der Waals surface area (Å²) in [4.78, 5) is 36.3. The van der Waals surface area contributed by atoms with E-state index in [2.05, 4.69) is 31.8 Å². The average Bonchev–Trinajstić information content (AvgIpc) is 2.89. The van der Waals surface area contributed by atoms with Crippen LogP contribution in [-0.2, 0) is 9.59 Å². The number of halogens is 1. The van der Waals surface area contributed by atoms with E-state index in [0.29, 0.717) is 28.0 Å². The van der Waals surface area contributed by atoms with E-state index in [1.54, 1.807) is 43.3 Å². The van der Waals surface area contributed by atoms with Gasteiger partial charge in [0.1, 0.15) is 0 Å². The summed E-state index contributed by atoms with van der Waals surface area (Å²) < 4.78 is 11.3. The third-order valence-corrected chi connectivity index (χ3v) is 5.60. The van der Waals surface area contributed by atoms with Gasteiger partial charge in [0.2, 0.25) is 5.91 Å². The van der Waals surface area contributed by atoms with Crippen molar-refractivity contribution in [2.24, 2.45) is 5.10 Å². The number of carboxylic acid groups (broad SMARTS) is 1. The molecule has 192 valence electrons. The topological polar surface area (TPSA) is 126 Å². The molecular formula is C27H26BrN3O6. The highest BCUT2D eigenvalue weighted by atomic mass is 79.9. The fourth-order valence-corrected chi connectivity index (χ4v) is 3.95. The Morgan fingerprint density at radius 1 is 1.03 bits per heavy atom. The molecule has 0 heterocycles. The molecule has 0 aliphatic rings. The molecule has 0 saturated carbocycles. The molecule has 0 aliphatic heterocycles. The van der Waals surface area contributed by atoms with Crippen molar-refractivity contribution in [3.05, 3.63) is 94.0 Å². The summed E-state index contributed by atoms with van der Waals surface area (Å²) in [5.41, 5.74) is 4.34. The van der Waals surface area contributed by atoms with Crippen LogP contribution in [0, 0.1) is 0 Å². The number of nitrogens with one attached hydrogen (secondary N) is 2. The van der Waals surface area contributed by atoms with Crippen LogP contribution in [-0.4, -0.2) is 42.3 Å². The van der Waals surface area contributed by atoms with Crippen molar-refractivity contribution in [1.29, 1.82) is 0 Å².